The van der Waals surface area contributed by atoms with E-state index in [0.29, 0.717) is 16.4 Å². The number of carbonyl (C=O) groups excluding carboxylic acids is 1. The zero-order chi connectivity index (χ0) is 18.3. The van der Waals surface area contributed by atoms with Gasteiger partial charge in [0, 0.05) is 23.0 Å². The smallest absolute Gasteiger partial charge is 0.261 e. The Labute approximate surface area is 157 Å². The van der Waals surface area contributed by atoms with Crippen LogP contribution in [0, 0.1) is 13.8 Å². The highest BCUT2D eigenvalue weighted by atomic mass is 35.5. The van der Waals surface area contributed by atoms with Gasteiger partial charge in [-0.1, -0.05) is 47.5 Å². The number of nitrogens with one attached hydrogen (secondary N) is 1. The topological polar surface area (TPSA) is 45.2 Å². The first-order valence-electron chi connectivity index (χ1n) is 8.42. The lowest BCUT2D eigenvalue weighted by Crippen LogP contribution is -2.33. The van der Waals surface area contributed by atoms with Crippen LogP contribution >= 0.6 is 11.6 Å². The van der Waals surface area contributed by atoms with E-state index in [9.17, 15) is 4.79 Å². The molecule has 130 valence electrons. The van der Waals surface area contributed by atoms with E-state index in [4.69, 9.17) is 11.6 Å². The minimum Gasteiger partial charge on any atom is -0.361 e. The van der Waals surface area contributed by atoms with Crippen molar-refractivity contribution < 1.29 is 4.79 Å². The molecule has 3 aromatic rings. The molecule has 0 spiro atoms. The van der Waals surface area contributed by atoms with E-state index in [1.54, 1.807) is 23.2 Å². The first kappa shape index (κ1) is 16.6. The van der Waals surface area contributed by atoms with Gasteiger partial charge >= 0.3 is 0 Å². The van der Waals surface area contributed by atoms with Gasteiger partial charge in [0.1, 0.15) is 12.0 Å². The first-order valence-corrected chi connectivity index (χ1v) is 8.80. The number of nitrogens with zero attached hydrogens (tertiary/aromatic N) is 2. The lowest BCUT2D eigenvalue weighted by molar-refractivity contribution is 0.0992. The number of benzene rings is 2. The van der Waals surface area contributed by atoms with Crippen molar-refractivity contribution in [1.29, 1.82) is 0 Å². The van der Waals surface area contributed by atoms with Crippen LogP contribution in [0.3, 0.4) is 0 Å². The van der Waals surface area contributed by atoms with Crippen molar-refractivity contribution in [2.45, 2.75) is 20.0 Å². The molecule has 1 aliphatic heterocycles. The molecule has 0 radical (unpaired) electrons. The number of carbonyl (C=O) groups is 1. The minimum absolute atomic E-state index is 0.0716. The lowest BCUT2D eigenvalue weighted by atomic mass is 10.1. The number of aromatic nitrogens is 1. The van der Waals surface area contributed by atoms with Crippen molar-refractivity contribution in [3.8, 4) is 0 Å². The number of amides is 1. The van der Waals surface area contributed by atoms with E-state index in [1.165, 1.54) is 5.56 Å². The van der Waals surface area contributed by atoms with E-state index in [0.717, 1.165) is 16.8 Å². The molecule has 0 unspecified atom stereocenters. The summed E-state index contributed by atoms with van der Waals surface area (Å²) in [7, 11) is 0. The normalized spacial score (nSPS) is 15.9. The van der Waals surface area contributed by atoms with Crippen LogP contribution in [0.1, 0.15) is 33.2 Å². The predicted molar refractivity (Wildman–Crippen MR) is 105 cm³/mol. The zero-order valence-corrected chi connectivity index (χ0v) is 15.3. The number of aryl methyl sites for hydroxylation is 2. The molecule has 1 aromatic heterocycles. The minimum atomic E-state index is -0.325. The molecule has 2 aromatic carbocycles. The fourth-order valence-electron chi connectivity index (χ4n) is 3.33. The number of fused-ring (bicyclic) bond motifs is 1. The quantitative estimate of drug-likeness (QED) is 0.702. The number of anilines is 2. The highest BCUT2D eigenvalue weighted by Crippen LogP contribution is 2.37. The van der Waals surface area contributed by atoms with Gasteiger partial charge in [0.25, 0.3) is 5.91 Å². The summed E-state index contributed by atoms with van der Waals surface area (Å²) < 4.78 is 0. The van der Waals surface area contributed by atoms with Gasteiger partial charge in [-0.05, 0) is 43.7 Å². The number of hydrogen-bond acceptors (Lipinski definition) is 3. The summed E-state index contributed by atoms with van der Waals surface area (Å²) in [6, 6.07) is 17.4. The summed E-state index contributed by atoms with van der Waals surface area (Å²) in [6.07, 6.45) is 1.23. The summed E-state index contributed by atoms with van der Waals surface area (Å²) in [4.78, 5) is 19.1. The molecule has 0 saturated heterocycles. The molecule has 0 aliphatic carbocycles. The second kappa shape index (κ2) is 6.46. The van der Waals surface area contributed by atoms with Gasteiger partial charge in [0.15, 0.2) is 0 Å². The Morgan fingerprint density at radius 1 is 1.08 bits per heavy atom. The zero-order valence-electron chi connectivity index (χ0n) is 14.5. The van der Waals surface area contributed by atoms with Gasteiger partial charge in [-0.2, -0.15) is 0 Å². The van der Waals surface area contributed by atoms with Crippen LogP contribution < -0.4 is 10.2 Å². The summed E-state index contributed by atoms with van der Waals surface area (Å²) in [5.74, 6) is 0.496. The largest absolute Gasteiger partial charge is 0.361 e. The van der Waals surface area contributed by atoms with Gasteiger partial charge < -0.3 is 5.32 Å². The Morgan fingerprint density at radius 3 is 2.62 bits per heavy atom. The molecule has 0 bridgehead atoms. The second-order valence-corrected chi connectivity index (χ2v) is 6.90. The molecular formula is C21H18ClN3O. The van der Waals surface area contributed by atoms with Gasteiger partial charge in [-0.3, -0.25) is 9.69 Å². The molecule has 2 heterocycles. The summed E-state index contributed by atoms with van der Waals surface area (Å²) in [5, 5.41) is 4.06. The maximum Gasteiger partial charge on any atom is 0.261 e. The van der Waals surface area contributed by atoms with Crippen molar-refractivity contribution in [2.75, 3.05) is 10.2 Å². The molecule has 0 fully saturated rings. The van der Waals surface area contributed by atoms with E-state index in [-0.39, 0.29) is 12.1 Å². The van der Waals surface area contributed by atoms with Crippen LogP contribution in [-0.2, 0) is 0 Å². The third kappa shape index (κ3) is 2.82. The van der Waals surface area contributed by atoms with Crippen LogP contribution in [0.4, 0.5) is 11.5 Å². The summed E-state index contributed by atoms with van der Waals surface area (Å²) in [5.41, 5.74) is 4.95. The number of rotatable bonds is 3. The van der Waals surface area contributed by atoms with E-state index in [1.807, 2.05) is 30.3 Å². The van der Waals surface area contributed by atoms with E-state index >= 15 is 0 Å². The molecule has 4 rings (SSSR count). The molecule has 1 amide bonds. The molecule has 26 heavy (non-hydrogen) atoms. The monoisotopic (exact) mass is 363 g/mol. The standard InChI is InChI=1S/C21H18ClN3O/c1-13-7-9-18(14(2)11-13)24-20-16-5-3-4-6-17(16)21(26)25(20)19-10-8-15(22)12-23-19/h3-12,20,24H,1-2H3/t20-/m0/s1. The summed E-state index contributed by atoms with van der Waals surface area (Å²) >= 11 is 5.96. The van der Waals surface area contributed by atoms with Gasteiger partial charge in [-0.25, -0.2) is 4.98 Å². The molecule has 1 aliphatic rings. The average molecular weight is 364 g/mol. The lowest BCUT2D eigenvalue weighted by Gasteiger charge is -2.27. The second-order valence-electron chi connectivity index (χ2n) is 6.46. The van der Waals surface area contributed by atoms with Crippen molar-refractivity contribution >= 4 is 29.0 Å². The van der Waals surface area contributed by atoms with Crippen LogP contribution in [-0.4, -0.2) is 10.9 Å². The van der Waals surface area contributed by atoms with Gasteiger partial charge in [0.2, 0.25) is 0 Å². The van der Waals surface area contributed by atoms with Crippen LogP contribution in [0.25, 0.3) is 0 Å². The van der Waals surface area contributed by atoms with E-state index in [2.05, 4.69) is 36.3 Å². The molecule has 1 atom stereocenters. The van der Waals surface area contributed by atoms with Crippen molar-refractivity contribution in [3.05, 3.63) is 88.1 Å². The molecule has 4 nitrogen and oxygen atoms in total. The summed E-state index contributed by atoms with van der Waals surface area (Å²) in [6.45, 7) is 4.12. The number of hydrogen-bond donors (Lipinski definition) is 1. The maximum absolute atomic E-state index is 13.0. The Morgan fingerprint density at radius 2 is 1.88 bits per heavy atom. The fourth-order valence-corrected chi connectivity index (χ4v) is 3.44. The first-order chi connectivity index (χ1) is 12.5. The highest BCUT2D eigenvalue weighted by Gasteiger charge is 2.38. The van der Waals surface area contributed by atoms with Crippen molar-refractivity contribution in [2.24, 2.45) is 0 Å². The average Bonchev–Trinajstić information content (AvgIpc) is 2.91. The molecule has 0 saturated carbocycles. The Balaban J connectivity index is 1.79. The third-order valence-corrected chi connectivity index (χ3v) is 4.82. The van der Waals surface area contributed by atoms with E-state index < -0.39 is 0 Å². The predicted octanol–water partition coefficient (Wildman–Crippen LogP) is 5.12. The Hall–Kier alpha value is -2.85. The molecular weight excluding hydrogens is 346 g/mol. The van der Waals surface area contributed by atoms with Gasteiger partial charge in [0.05, 0.1) is 5.02 Å². The van der Waals surface area contributed by atoms with Crippen LogP contribution in [0.2, 0.25) is 5.02 Å². The molecule has 1 N–H and O–H groups in total. The Bertz CT molecular complexity index is 985. The highest BCUT2D eigenvalue weighted by molar-refractivity contribution is 6.30. The molecule has 5 heteroatoms. The van der Waals surface area contributed by atoms with Crippen LogP contribution in [0.15, 0.2) is 60.8 Å². The maximum atomic E-state index is 13.0. The fraction of sp³-hybridized carbons (Fsp3) is 0.143. The van der Waals surface area contributed by atoms with Crippen molar-refractivity contribution in [1.82, 2.24) is 4.98 Å². The number of halogens is 1. The van der Waals surface area contributed by atoms with Crippen LogP contribution in [0.5, 0.6) is 0 Å². The SMILES string of the molecule is Cc1ccc(N[C@@H]2c3ccccc3C(=O)N2c2ccc(Cl)cn2)c(C)c1. The van der Waals surface area contributed by atoms with Crippen molar-refractivity contribution in [3.63, 3.8) is 0 Å². The van der Waals surface area contributed by atoms with Gasteiger partial charge in [-0.15, -0.1) is 0 Å². The number of pyridine rings is 1. The Kier molecular flexibility index (Phi) is 4.13. The third-order valence-electron chi connectivity index (χ3n) is 4.60.